The van der Waals surface area contributed by atoms with Crippen molar-refractivity contribution in [3.05, 3.63) is 0 Å². The van der Waals surface area contributed by atoms with Gasteiger partial charge in [0, 0.05) is 20.1 Å². The highest BCUT2D eigenvalue weighted by Crippen LogP contribution is 2.10. The average molecular weight is 150 g/mol. The van der Waals surface area contributed by atoms with Crippen molar-refractivity contribution in [3.63, 3.8) is 0 Å². The molecule has 0 aromatic rings. The van der Waals surface area contributed by atoms with Crippen molar-refractivity contribution >= 4 is 0 Å². The number of hydrogen-bond donors (Lipinski definition) is 3. The zero-order valence-electron chi connectivity index (χ0n) is 6.08. The van der Waals surface area contributed by atoms with Crippen molar-refractivity contribution in [2.24, 2.45) is 0 Å². The first-order valence-corrected chi connectivity index (χ1v) is 3.23. The molecule has 0 aromatic carbocycles. The minimum absolute atomic E-state index is 0.0692. The zero-order valence-corrected chi connectivity index (χ0v) is 6.08. The van der Waals surface area contributed by atoms with Gasteiger partial charge in [0.1, 0.15) is 0 Å². The molecule has 0 aliphatic heterocycles. The van der Waals surface area contributed by atoms with Crippen molar-refractivity contribution < 1.29 is 20.1 Å². The predicted molar refractivity (Wildman–Crippen MR) is 35.1 cm³/mol. The van der Waals surface area contributed by atoms with Gasteiger partial charge in [0.25, 0.3) is 5.97 Å². The number of methoxy groups -OCH3 is 1. The third-order valence-corrected chi connectivity index (χ3v) is 1.24. The van der Waals surface area contributed by atoms with E-state index in [1.807, 2.05) is 0 Å². The Hall–Kier alpha value is -0.160. The molecule has 0 amide bonds. The van der Waals surface area contributed by atoms with E-state index in [0.717, 1.165) is 0 Å². The topological polar surface area (TPSA) is 69.9 Å². The SMILES string of the molecule is COC(O)(O)CCCCO. The van der Waals surface area contributed by atoms with Gasteiger partial charge in [-0.25, -0.2) is 0 Å². The Bertz CT molecular complexity index is 81.8. The van der Waals surface area contributed by atoms with Crippen molar-refractivity contribution in [2.45, 2.75) is 25.2 Å². The maximum Gasteiger partial charge on any atom is 0.277 e. The van der Waals surface area contributed by atoms with Crippen LogP contribution in [-0.2, 0) is 4.74 Å². The fourth-order valence-electron chi connectivity index (χ4n) is 0.569. The predicted octanol–water partition coefficient (Wildman–Crippen LogP) is -0.566. The van der Waals surface area contributed by atoms with Crippen molar-refractivity contribution in [2.75, 3.05) is 13.7 Å². The molecule has 0 rings (SSSR count). The van der Waals surface area contributed by atoms with Crippen LogP contribution in [0.25, 0.3) is 0 Å². The summed E-state index contributed by atoms with van der Waals surface area (Å²) in [6.45, 7) is 0.0692. The first-order chi connectivity index (χ1) is 4.62. The molecule has 0 heterocycles. The molecule has 4 heteroatoms. The molecule has 4 nitrogen and oxygen atoms in total. The van der Waals surface area contributed by atoms with Crippen LogP contribution in [0.2, 0.25) is 0 Å². The summed E-state index contributed by atoms with van der Waals surface area (Å²) >= 11 is 0. The van der Waals surface area contributed by atoms with Crippen molar-refractivity contribution in [3.8, 4) is 0 Å². The van der Waals surface area contributed by atoms with E-state index in [4.69, 9.17) is 15.3 Å². The lowest BCUT2D eigenvalue weighted by molar-refractivity contribution is -0.329. The van der Waals surface area contributed by atoms with Gasteiger partial charge in [0.2, 0.25) is 0 Å². The highest BCUT2D eigenvalue weighted by molar-refractivity contribution is 4.49. The van der Waals surface area contributed by atoms with Gasteiger partial charge in [-0.3, -0.25) is 0 Å². The number of ether oxygens (including phenoxy) is 1. The number of aliphatic hydroxyl groups excluding tert-OH is 1. The first-order valence-electron chi connectivity index (χ1n) is 3.23. The molecular formula is C6H14O4. The Kier molecular flexibility index (Phi) is 4.55. The van der Waals surface area contributed by atoms with Gasteiger partial charge >= 0.3 is 0 Å². The zero-order chi connectivity index (χ0) is 8.04. The number of unbranched alkanes of at least 4 members (excludes halogenated alkanes) is 1. The molecule has 0 fully saturated rings. The van der Waals surface area contributed by atoms with E-state index in [9.17, 15) is 0 Å². The fourth-order valence-corrected chi connectivity index (χ4v) is 0.569. The monoisotopic (exact) mass is 150 g/mol. The average Bonchev–Trinajstić information content (AvgIpc) is 1.89. The maximum atomic E-state index is 8.80. The molecule has 10 heavy (non-hydrogen) atoms. The summed E-state index contributed by atoms with van der Waals surface area (Å²) in [6, 6.07) is 0. The van der Waals surface area contributed by atoms with Gasteiger partial charge in [0.15, 0.2) is 0 Å². The molecule has 3 N–H and O–H groups in total. The Labute approximate surface area is 60.1 Å². The van der Waals surface area contributed by atoms with E-state index in [1.54, 1.807) is 0 Å². The molecule has 0 aliphatic carbocycles. The summed E-state index contributed by atoms with van der Waals surface area (Å²) in [7, 11) is 1.22. The van der Waals surface area contributed by atoms with Crippen LogP contribution in [0.3, 0.4) is 0 Å². The molecule has 62 valence electrons. The van der Waals surface area contributed by atoms with Gasteiger partial charge < -0.3 is 20.1 Å². The third-order valence-electron chi connectivity index (χ3n) is 1.24. The standard InChI is InChI=1S/C6H14O4/c1-10-6(8,9)4-2-3-5-7/h7-9H,2-5H2,1H3. The number of aliphatic hydroxyl groups is 3. The van der Waals surface area contributed by atoms with E-state index in [-0.39, 0.29) is 13.0 Å². The molecular weight excluding hydrogens is 136 g/mol. The molecule has 0 spiro atoms. The van der Waals surface area contributed by atoms with Crippen LogP contribution in [0.15, 0.2) is 0 Å². The quantitative estimate of drug-likeness (QED) is 0.363. The van der Waals surface area contributed by atoms with Gasteiger partial charge in [-0.15, -0.1) is 0 Å². The van der Waals surface area contributed by atoms with E-state index >= 15 is 0 Å². The highest BCUT2D eigenvalue weighted by atomic mass is 16.8. The van der Waals surface area contributed by atoms with Crippen LogP contribution >= 0.6 is 0 Å². The Morgan fingerprint density at radius 1 is 1.30 bits per heavy atom. The smallest absolute Gasteiger partial charge is 0.277 e. The maximum absolute atomic E-state index is 8.80. The van der Waals surface area contributed by atoms with E-state index < -0.39 is 5.97 Å². The van der Waals surface area contributed by atoms with Gasteiger partial charge in [-0.2, -0.15) is 0 Å². The second kappa shape index (κ2) is 4.62. The third kappa shape index (κ3) is 4.69. The van der Waals surface area contributed by atoms with Crippen LogP contribution in [-0.4, -0.2) is 35.0 Å². The highest BCUT2D eigenvalue weighted by Gasteiger charge is 2.20. The molecule has 0 radical (unpaired) electrons. The summed E-state index contributed by atoms with van der Waals surface area (Å²) < 4.78 is 4.31. The largest absolute Gasteiger partial charge is 0.396 e. The molecule has 0 saturated heterocycles. The molecule has 0 atom stereocenters. The molecule has 0 unspecified atom stereocenters. The lowest BCUT2D eigenvalue weighted by Gasteiger charge is -2.18. The van der Waals surface area contributed by atoms with Crippen LogP contribution in [0.4, 0.5) is 0 Å². The summed E-state index contributed by atoms with van der Waals surface area (Å²) in [5, 5.41) is 25.9. The van der Waals surface area contributed by atoms with Crippen molar-refractivity contribution in [1.82, 2.24) is 0 Å². The molecule has 0 aliphatic rings. The van der Waals surface area contributed by atoms with E-state index in [0.29, 0.717) is 12.8 Å². The normalized spacial score (nSPS) is 12.0. The summed E-state index contributed by atoms with van der Waals surface area (Å²) in [5.41, 5.74) is 0. The fraction of sp³-hybridized carbons (Fsp3) is 1.00. The lowest BCUT2D eigenvalue weighted by Crippen LogP contribution is -2.29. The van der Waals surface area contributed by atoms with Crippen LogP contribution in [0.5, 0.6) is 0 Å². The van der Waals surface area contributed by atoms with Crippen molar-refractivity contribution in [1.29, 1.82) is 0 Å². The van der Waals surface area contributed by atoms with Gasteiger partial charge in [-0.1, -0.05) is 0 Å². The van der Waals surface area contributed by atoms with Crippen LogP contribution < -0.4 is 0 Å². The second-order valence-electron chi connectivity index (χ2n) is 2.13. The Balaban J connectivity index is 3.28. The van der Waals surface area contributed by atoms with E-state index in [2.05, 4.69) is 4.74 Å². The second-order valence-corrected chi connectivity index (χ2v) is 2.13. The summed E-state index contributed by atoms with van der Waals surface area (Å²) in [6.07, 6.45) is 1.23. The van der Waals surface area contributed by atoms with E-state index in [1.165, 1.54) is 7.11 Å². The minimum atomic E-state index is -2.02. The summed E-state index contributed by atoms with van der Waals surface area (Å²) in [4.78, 5) is 0. The number of rotatable bonds is 5. The molecule has 0 saturated carbocycles. The number of hydrogen-bond acceptors (Lipinski definition) is 4. The molecule has 0 aromatic heterocycles. The molecule has 0 bridgehead atoms. The van der Waals surface area contributed by atoms with Crippen LogP contribution in [0, 0.1) is 0 Å². The Morgan fingerprint density at radius 2 is 1.90 bits per heavy atom. The first kappa shape index (κ1) is 9.84. The lowest BCUT2D eigenvalue weighted by atomic mass is 10.2. The summed E-state index contributed by atoms with van der Waals surface area (Å²) in [5.74, 6) is -2.02. The Morgan fingerprint density at radius 3 is 2.30 bits per heavy atom. The van der Waals surface area contributed by atoms with Gasteiger partial charge in [0.05, 0.1) is 0 Å². The van der Waals surface area contributed by atoms with Crippen LogP contribution in [0.1, 0.15) is 19.3 Å². The minimum Gasteiger partial charge on any atom is -0.396 e. The van der Waals surface area contributed by atoms with Gasteiger partial charge in [-0.05, 0) is 12.8 Å².